The monoisotopic (exact) mass is 295 g/mol. The van der Waals surface area contributed by atoms with Crippen LogP contribution < -0.4 is 11.1 Å². The zero-order valence-electron chi connectivity index (χ0n) is 10.5. The third kappa shape index (κ3) is 3.38. The third-order valence-corrected chi connectivity index (χ3v) is 3.26. The molecule has 100 valence electrons. The summed E-state index contributed by atoms with van der Waals surface area (Å²) in [6, 6.07) is 9.42. The van der Waals surface area contributed by atoms with Crippen LogP contribution >= 0.6 is 23.2 Å². The lowest BCUT2D eigenvalue weighted by Crippen LogP contribution is -2.23. The van der Waals surface area contributed by atoms with Crippen molar-refractivity contribution in [2.75, 3.05) is 12.3 Å². The number of nitrogen functional groups attached to an aromatic ring is 1. The van der Waals surface area contributed by atoms with Gasteiger partial charge in [-0.15, -0.1) is 0 Å². The summed E-state index contributed by atoms with van der Waals surface area (Å²) in [5, 5.41) is 4.63. The van der Waals surface area contributed by atoms with Crippen LogP contribution in [0.3, 0.4) is 0 Å². The molecule has 1 heterocycles. The first kappa shape index (κ1) is 14.1. The van der Waals surface area contributed by atoms with Crippen molar-refractivity contribution >= 4 is 29.0 Å². The first-order chi connectivity index (χ1) is 9.11. The van der Waals surface area contributed by atoms with Crippen molar-refractivity contribution in [2.24, 2.45) is 0 Å². The number of nitrogens with zero attached hydrogens (tertiary/aromatic N) is 1. The van der Waals surface area contributed by atoms with E-state index in [0.29, 0.717) is 15.9 Å². The zero-order valence-corrected chi connectivity index (χ0v) is 12.0. The summed E-state index contributed by atoms with van der Waals surface area (Å²) in [7, 11) is 0. The Balaban J connectivity index is 2.48. The standard InChI is InChI=1S/C14H15Cl2N3/c1-2-18-13(9-4-3-5-10(15)6-9)12-7-11(16)8-19-14(12)17/h3-8,13,18H,2H2,1H3,(H2,17,19). The lowest BCUT2D eigenvalue weighted by atomic mass is 9.99. The lowest BCUT2D eigenvalue weighted by molar-refractivity contribution is 0.630. The highest BCUT2D eigenvalue weighted by atomic mass is 35.5. The summed E-state index contributed by atoms with van der Waals surface area (Å²) < 4.78 is 0. The molecule has 1 aromatic heterocycles. The maximum absolute atomic E-state index is 6.05. The van der Waals surface area contributed by atoms with Crippen LogP contribution in [0, 0.1) is 0 Å². The average molecular weight is 296 g/mol. The van der Waals surface area contributed by atoms with Crippen molar-refractivity contribution in [1.82, 2.24) is 10.3 Å². The van der Waals surface area contributed by atoms with Gasteiger partial charge < -0.3 is 11.1 Å². The Morgan fingerprint density at radius 3 is 2.74 bits per heavy atom. The number of pyridine rings is 1. The second kappa shape index (κ2) is 6.24. The van der Waals surface area contributed by atoms with Crippen LogP contribution in [0.5, 0.6) is 0 Å². The number of hydrogen-bond acceptors (Lipinski definition) is 3. The number of halogens is 2. The zero-order chi connectivity index (χ0) is 13.8. The van der Waals surface area contributed by atoms with E-state index in [1.807, 2.05) is 37.3 Å². The van der Waals surface area contributed by atoms with E-state index >= 15 is 0 Å². The minimum Gasteiger partial charge on any atom is -0.383 e. The van der Waals surface area contributed by atoms with Gasteiger partial charge in [-0.3, -0.25) is 0 Å². The fourth-order valence-corrected chi connectivity index (χ4v) is 2.36. The van der Waals surface area contributed by atoms with Gasteiger partial charge >= 0.3 is 0 Å². The highest BCUT2D eigenvalue weighted by Gasteiger charge is 2.17. The quantitative estimate of drug-likeness (QED) is 0.905. The Hall–Kier alpha value is -1.29. The summed E-state index contributed by atoms with van der Waals surface area (Å²) in [4.78, 5) is 4.10. The second-order valence-corrected chi connectivity index (χ2v) is 5.05. The van der Waals surface area contributed by atoms with Gasteiger partial charge in [0.2, 0.25) is 0 Å². The fourth-order valence-electron chi connectivity index (χ4n) is 1.99. The minimum atomic E-state index is -0.0742. The molecule has 1 unspecified atom stereocenters. The summed E-state index contributed by atoms with van der Waals surface area (Å²) in [5.41, 5.74) is 7.84. The first-order valence-corrected chi connectivity index (χ1v) is 6.77. The van der Waals surface area contributed by atoms with Crippen LogP contribution in [-0.2, 0) is 0 Å². The number of benzene rings is 1. The molecule has 5 heteroatoms. The van der Waals surface area contributed by atoms with Gasteiger partial charge in [0, 0.05) is 16.8 Å². The Bertz CT molecular complexity index is 572. The molecule has 0 saturated carbocycles. The van der Waals surface area contributed by atoms with Crippen LogP contribution in [0.2, 0.25) is 10.0 Å². The van der Waals surface area contributed by atoms with E-state index in [4.69, 9.17) is 28.9 Å². The molecule has 0 spiro atoms. The van der Waals surface area contributed by atoms with Gasteiger partial charge in [0.15, 0.2) is 0 Å². The highest BCUT2D eigenvalue weighted by Crippen LogP contribution is 2.29. The van der Waals surface area contributed by atoms with Crippen molar-refractivity contribution < 1.29 is 0 Å². The summed E-state index contributed by atoms with van der Waals surface area (Å²) in [6.07, 6.45) is 1.54. The topological polar surface area (TPSA) is 50.9 Å². The number of nitrogens with two attached hydrogens (primary N) is 1. The van der Waals surface area contributed by atoms with Crippen molar-refractivity contribution in [3.8, 4) is 0 Å². The van der Waals surface area contributed by atoms with Gasteiger partial charge in [-0.2, -0.15) is 0 Å². The Labute approximate surface area is 122 Å². The number of aromatic nitrogens is 1. The number of hydrogen-bond donors (Lipinski definition) is 2. The number of rotatable bonds is 4. The maximum atomic E-state index is 6.05. The third-order valence-electron chi connectivity index (χ3n) is 2.82. The lowest BCUT2D eigenvalue weighted by Gasteiger charge is -2.20. The summed E-state index contributed by atoms with van der Waals surface area (Å²) in [5.74, 6) is 0.468. The SMILES string of the molecule is CCNC(c1cccc(Cl)c1)c1cc(Cl)cnc1N. The molecule has 0 aliphatic rings. The molecular weight excluding hydrogens is 281 g/mol. The number of nitrogens with one attached hydrogen (secondary N) is 1. The molecule has 19 heavy (non-hydrogen) atoms. The Morgan fingerprint density at radius 1 is 1.26 bits per heavy atom. The molecule has 3 N–H and O–H groups in total. The van der Waals surface area contributed by atoms with Gasteiger partial charge in [0.1, 0.15) is 5.82 Å². The Morgan fingerprint density at radius 2 is 2.05 bits per heavy atom. The summed E-state index contributed by atoms with van der Waals surface area (Å²) >= 11 is 12.1. The largest absolute Gasteiger partial charge is 0.383 e. The molecule has 0 aliphatic carbocycles. The van der Waals surface area contributed by atoms with Crippen molar-refractivity contribution in [2.45, 2.75) is 13.0 Å². The molecule has 2 rings (SSSR count). The second-order valence-electron chi connectivity index (χ2n) is 4.17. The predicted molar refractivity (Wildman–Crippen MR) is 80.6 cm³/mol. The molecule has 3 nitrogen and oxygen atoms in total. The first-order valence-electron chi connectivity index (χ1n) is 6.01. The van der Waals surface area contributed by atoms with Crippen molar-refractivity contribution in [3.63, 3.8) is 0 Å². The summed E-state index contributed by atoms with van der Waals surface area (Å²) in [6.45, 7) is 2.83. The molecule has 1 atom stereocenters. The van der Waals surface area contributed by atoms with Gasteiger partial charge in [-0.25, -0.2) is 4.98 Å². The molecule has 0 bridgehead atoms. The van der Waals surface area contributed by atoms with E-state index in [1.54, 1.807) is 6.20 Å². The normalized spacial score (nSPS) is 12.4. The van der Waals surface area contributed by atoms with E-state index in [2.05, 4.69) is 10.3 Å². The molecule has 0 aliphatic heterocycles. The molecule has 0 fully saturated rings. The van der Waals surface area contributed by atoms with E-state index < -0.39 is 0 Å². The molecule has 2 aromatic rings. The Kier molecular flexibility index (Phi) is 4.64. The van der Waals surface area contributed by atoms with E-state index in [1.165, 1.54) is 0 Å². The number of anilines is 1. The molecular formula is C14H15Cl2N3. The minimum absolute atomic E-state index is 0.0742. The predicted octanol–water partition coefficient (Wildman–Crippen LogP) is 3.67. The van der Waals surface area contributed by atoms with Gasteiger partial charge in [0.25, 0.3) is 0 Å². The van der Waals surface area contributed by atoms with Crippen molar-refractivity contribution in [3.05, 3.63) is 57.7 Å². The smallest absolute Gasteiger partial charge is 0.128 e. The average Bonchev–Trinajstić information content (AvgIpc) is 2.39. The van der Waals surface area contributed by atoms with Crippen LogP contribution in [-0.4, -0.2) is 11.5 Å². The van der Waals surface area contributed by atoms with Crippen LogP contribution in [0.4, 0.5) is 5.82 Å². The fraction of sp³-hybridized carbons (Fsp3) is 0.214. The van der Waals surface area contributed by atoms with Gasteiger partial charge in [-0.05, 0) is 30.3 Å². The van der Waals surface area contributed by atoms with E-state index in [9.17, 15) is 0 Å². The van der Waals surface area contributed by atoms with Crippen LogP contribution in [0.15, 0.2) is 36.5 Å². The maximum Gasteiger partial charge on any atom is 0.128 e. The van der Waals surface area contributed by atoms with E-state index in [0.717, 1.165) is 17.7 Å². The van der Waals surface area contributed by atoms with Crippen LogP contribution in [0.25, 0.3) is 0 Å². The van der Waals surface area contributed by atoms with Gasteiger partial charge in [-0.1, -0.05) is 42.3 Å². The van der Waals surface area contributed by atoms with Crippen LogP contribution in [0.1, 0.15) is 24.1 Å². The van der Waals surface area contributed by atoms with Gasteiger partial charge in [0.05, 0.1) is 11.1 Å². The molecule has 0 amide bonds. The molecule has 0 radical (unpaired) electrons. The molecule has 1 aromatic carbocycles. The van der Waals surface area contributed by atoms with E-state index in [-0.39, 0.29) is 6.04 Å². The highest BCUT2D eigenvalue weighted by molar-refractivity contribution is 6.31. The molecule has 0 saturated heterocycles. The van der Waals surface area contributed by atoms with Crippen molar-refractivity contribution in [1.29, 1.82) is 0 Å².